The molecule has 1 fully saturated rings. The minimum absolute atomic E-state index is 0.0135. The minimum Gasteiger partial charge on any atom is -0.493 e. The number of rotatable bonds is 6. The molecule has 0 radical (unpaired) electrons. The Morgan fingerprint density at radius 2 is 2.13 bits per heavy atom. The Morgan fingerprint density at radius 1 is 1.26 bits per heavy atom. The van der Waals surface area contributed by atoms with E-state index in [9.17, 15) is 4.79 Å². The molecule has 2 aliphatic heterocycles. The van der Waals surface area contributed by atoms with Gasteiger partial charge in [0, 0.05) is 19.0 Å². The third-order valence-electron chi connectivity index (χ3n) is 4.54. The van der Waals surface area contributed by atoms with E-state index in [0.717, 1.165) is 43.9 Å². The minimum atomic E-state index is -0.0135. The number of hydrogen-bond acceptors (Lipinski definition) is 3. The molecule has 3 rings (SSSR count). The van der Waals surface area contributed by atoms with Crippen molar-refractivity contribution in [3.05, 3.63) is 35.4 Å². The van der Waals surface area contributed by atoms with Crippen LogP contribution in [0.15, 0.2) is 24.3 Å². The van der Waals surface area contributed by atoms with E-state index in [-0.39, 0.29) is 5.91 Å². The van der Waals surface area contributed by atoms with E-state index >= 15 is 0 Å². The van der Waals surface area contributed by atoms with Crippen molar-refractivity contribution >= 4 is 12.0 Å². The molecule has 1 aromatic carbocycles. The fourth-order valence-electron chi connectivity index (χ4n) is 3.24. The molecule has 0 spiro atoms. The molecule has 0 bridgehead atoms. The zero-order valence-corrected chi connectivity index (χ0v) is 13.7. The fourth-order valence-corrected chi connectivity index (χ4v) is 3.24. The number of amides is 1. The summed E-state index contributed by atoms with van der Waals surface area (Å²) < 4.78 is 5.49. The van der Waals surface area contributed by atoms with E-state index in [1.165, 1.54) is 37.9 Å². The quantitative estimate of drug-likeness (QED) is 0.648. The number of nitrogens with zero attached hydrogens (tertiary/aromatic N) is 1. The molecule has 0 unspecified atom stereocenters. The van der Waals surface area contributed by atoms with E-state index in [0.29, 0.717) is 0 Å². The van der Waals surface area contributed by atoms with Gasteiger partial charge < -0.3 is 15.0 Å². The average Bonchev–Trinajstić information content (AvgIpc) is 3.05. The first kappa shape index (κ1) is 16.1. The molecule has 1 saturated heterocycles. The molecule has 0 aromatic heterocycles. The zero-order valence-electron chi connectivity index (χ0n) is 13.7. The van der Waals surface area contributed by atoms with Gasteiger partial charge in [-0.1, -0.05) is 12.5 Å². The number of carbonyl (C=O) groups excluding carboxylic acids is 1. The first-order valence-electron chi connectivity index (χ1n) is 8.75. The van der Waals surface area contributed by atoms with E-state index in [2.05, 4.69) is 16.3 Å². The average molecular weight is 314 g/mol. The number of likely N-dealkylation sites (tertiary alicyclic amines) is 1. The molecule has 0 aliphatic carbocycles. The lowest BCUT2D eigenvalue weighted by molar-refractivity contribution is -0.116. The van der Waals surface area contributed by atoms with Crippen LogP contribution in [-0.2, 0) is 11.2 Å². The first-order chi connectivity index (χ1) is 11.3. The lowest BCUT2D eigenvalue weighted by Gasteiger charge is -2.26. The second-order valence-electron chi connectivity index (χ2n) is 6.35. The van der Waals surface area contributed by atoms with Crippen molar-refractivity contribution in [2.75, 3.05) is 32.8 Å². The van der Waals surface area contributed by atoms with Gasteiger partial charge in [-0.25, -0.2) is 0 Å². The molecule has 1 aromatic rings. The number of ether oxygens (including phenoxy) is 1. The summed E-state index contributed by atoms with van der Waals surface area (Å²) in [6.45, 7) is 5.04. The molecule has 1 amide bonds. The standard InChI is InChI=1S/C19H26N2O2/c22-19(20-10-4-13-21-11-2-1-3-12-21)8-6-16-5-7-18-17(15-16)9-14-23-18/h5-8,15H,1-4,9-14H2,(H,20,22)/b8-6+. The van der Waals surface area contributed by atoms with E-state index in [1.54, 1.807) is 6.08 Å². The van der Waals surface area contributed by atoms with Crippen LogP contribution >= 0.6 is 0 Å². The predicted molar refractivity (Wildman–Crippen MR) is 92.6 cm³/mol. The summed E-state index contributed by atoms with van der Waals surface area (Å²) in [4.78, 5) is 14.4. The van der Waals surface area contributed by atoms with Crippen LogP contribution in [0.4, 0.5) is 0 Å². The summed E-state index contributed by atoms with van der Waals surface area (Å²) in [6.07, 6.45) is 9.49. The summed E-state index contributed by atoms with van der Waals surface area (Å²) in [5.41, 5.74) is 2.28. The normalized spacial score (nSPS) is 17.9. The van der Waals surface area contributed by atoms with Crippen molar-refractivity contribution in [2.45, 2.75) is 32.1 Å². The number of piperidine rings is 1. The summed E-state index contributed by atoms with van der Waals surface area (Å²) in [7, 11) is 0. The highest BCUT2D eigenvalue weighted by molar-refractivity contribution is 5.91. The zero-order chi connectivity index (χ0) is 15.9. The summed E-state index contributed by atoms with van der Waals surface area (Å²) >= 11 is 0. The third kappa shape index (κ3) is 4.83. The lowest BCUT2D eigenvalue weighted by atomic mass is 10.1. The molecule has 4 nitrogen and oxygen atoms in total. The van der Waals surface area contributed by atoms with Gasteiger partial charge in [-0.15, -0.1) is 0 Å². The topological polar surface area (TPSA) is 41.6 Å². The summed E-state index contributed by atoms with van der Waals surface area (Å²) in [5, 5.41) is 2.97. The molecule has 0 saturated carbocycles. The maximum Gasteiger partial charge on any atom is 0.243 e. The van der Waals surface area contributed by atoms with Crippen molar-refractivity contribution in [2.24, 2.45) is 0 Å². The van der Waals surface area contributed by atoms with Gasteiger partial charge in [0.05, 0.1) is 6.61 Å². The van der Waals surface area contributed by atoms with Crippen LogP contribution in [0, 0.1) is 0 Å². The molecular formula is C19H26N2O2. The van der Waals surface area contributed by atoms with Crippen molar-refractivity contribution < 1.29 is 9.53 Å². The molecule has 0 atom stereocenters. The summed E-state index contributed by atoms with van der Waals surface area (Å²) in [6, 6.07) is 6.07. The lowest BCUT2D eigenvalue weighted by Crippen LogP contribution is -2.33. The highest BCUT2D eigenvalue weighted by atomic mass is 16.5. The van der Waals surface area contributed by atoms with Crippen LogP contribution in [0.1, 0.15) is 36.8 Å². The summed E-state index contributed by atoms with van der Waals surface area (Å²) in [5.74, 6) is 0.963. The highest BCUT2D eigenvalue weighted by Gasteiger charge is 2.11. The monoisotopic (exact) mass is 314 g/mol. The van der Waals surface area contributed by atoms with E-state index in [1.807, 2.05) is 18.2 Å². The van der Waals surface area contributed by atoms with E-state index < -0.39 is 0 Å². The molecular weight excluding hydrogens is 288 g/mol. The van der Waals surface area contributed by atoms with Gasteiger partial charge in [0.15, 0.2) is 0 Å². The Kier molecular flexibility index (Phi) is 5.70. The maximum atomic E-state index is 11.9. The van der Waals surface area contributed by atoms with Crippen molar-refractivity contribution in [3.63, 3.8) is 0 Å². The number of benzene rings is 1. The van der Waals surface area contributed by atoms with Crippen LogP contribution < -0.4 is 10.1 Å². The van der Waals surface area contributed by atoms with Gasteiger partial charge in [-0.05, 0) is 68.2 Å². The Labute approximate surface area is 138 Å². The number of carbonyl (C=O) groups is 1. The van der Waals surface area contributed by atoms with E-state index in [4.69, 9.17) is 4.74 Å². The van der Waals surface area contributed by atoms with Crippen LogP contribution in [-0.4, -0.2) is 43.6 Å². The van der Waals surface area contributed by atoms with Crippen molar-refractivity contribution in [1.82, 2.24) is 10.2 Å². The second-order valence-corrected chi connectivity index (χ2v) is 6.35. The van der Waals surface area contributed by atoms with Gasteiger partial charge in [-0.3, -0.25) is 4.79 Å². The Morgan fingerprint density at radius 3 is 3.00 bits per heavy atom. The molecule has 4 heteroatoms. The Bertz CT molecular complexity index is 562. The Hall–Kier alpha value is -1.81. The van der Waals surface area contributed by atoms with Gasteiger partial charge in [0.1, 0.15) is 5.75 Å². The number of nitrogens with one attached hydrogen (secondary N) is 1. The van der Waals surface area contributed by atoms with Crippen molar-refractivity contribution in [1.29, 1.82) is 0 Å². The molecule has 124 valence electrons. The second kappa shape index (κ2) is 8.16. The SMILES string of the molecule is O=C(/C=C/c1ccc2c(c1)CCO2)NCCCN1CCCCC1. The number of fused-ring (bicyclic) bond motifs is 1. The number of hydrogen-bond donors (Lipinski definition) is 1. The first-order valence-corrected chi connectivity index (χ1v) is 8.75. The molecule has 2 aliphatic rings. The van der Waals surface area contributed by atoms with Gasteiger partial charge in [0.25, 0.3) is 0 Å². The van der Waals surface area contributed by atoms with Gasteiger partial charge in [0.2, 0.25) is 5.91 Å². The van der Waals surface area contributed by atoms with Gasteiger partial charge >= 0.3 is 0 Å². The largest absolute Gasteiger partial charge is 0.493 e. The smallest absolute Gasteiger partial charge is 0.243 e. The van der Waals surface area contributed by atoms with Gasteiger partial charge in [-0.2, -0.15) is 0 Å². The fraction of sp³-hybridized carbons (Fsp3) is 0.526. The molecule has 1 N–H and O–H groups in total. The third-order valence-corrected chi connectivity index (χ3v) is 4.54. The predicted octanol–water partition coefficient (Wildman–Crippen LogP) is 2.63. The maximum absolute atomic E-state index is 11.9. The van der Waals surface area contributed by atoms with Crippen LogP contribution in [0.5, 0.6) is 5.75 Å². The van der Waals surface area contributed by atoms with Crippen LogP contribution in [0.25, 0.3) is 6.08 Å². The van der Waals surface area contributed by atoms with Crippen LogP contribution in [0.3, 0.4) is 0 Å². The highest BCUT2D eigenvalue weighted by Crippen LogP contribution is 2.26. The van der Waals surface area contributed by atoms with Crippen molar-refractivity contribution in [3.8, 4) is 5.75 Å². The Balaban J connectivity index is 1.37. The van der Waals surface area contributed by atoms with Crippen LogP contribution in [0.2, 0.25) is 0 Å². The molecule has 23 heavy (non-hydrogen) atoms. The molecule has 2 heterocycles.